The van der Waals surface area contributed by atoms with Crippen LogP contribution in [0, 0.1) is 11.8 Å². The van der Waals surface area contributed by atoms with Crippen LogP contribution >= 0.6 is 15.9 Å². The second-order valence-electron chi connectivity index (χ2n) is 10.4. The van der Waals surface area contributed by atoms with Crippen molar-refractivity contribution in [3.05, 3.63) is 58.1 Å². The van der Waals surface area contributed by atoms with Gasteiger partial charge in [-0.3, -0.25) is 14.6 Å². The molecule has 3 saturated heterocycles. The van der Waals surface area contributed by atoms with Crippen molar-refractivity contribution in [2.45, 2.75) is 44.8 Å². The van der Waals surface area contributed by atoms with Crippen LogP contribution in [-0.2, 0) is 11.3 Å². The molecule has 0 aliphatic carbocycles. The average Bonchev–Trinajstić information content (AvgIpc) is 3.64. The van der Waals surface area contributed by atoms with E-state index in [-0.39, 0.29) is 55.7 Å². The first kappa shape index (κ1) is 25.0. The van der Waals surface area contributed by atoms with Crippen LogP contribution in [0.15, 0.2) is 46.9 Å². The number of rotatable bonds is 6. The van der Waals surface area contributed by atoms with Gasteiger partial charge in [0.2, 0.25) is 6.79 Å². The number of nitrogens with zero attached hydrogens (tertiary/aromatic N) is 3. The minimum Gasteiger partial charge on any atom is -0.454 e. The zero-order valence-electron chi connectivity index (χ0n) is 21.5. The number of likely N-dealkylation sites (tertiary alicyclic amines) is 1. The zero-order chi connectivity index (χ0) is 26.6. The standard InChI is InChI=1S/C28H31BrN4O5/c1-3-11-30-26(35)31-14-21-20(4-2)24(18-6-8-19(29)9-7-18)33-27(36)32(25(34)28(21,33)15-31)13-17-5-10-22-23(12-17)38-16-37-22/h5-10,12,20-21,24H,3-4,11,13-16H2,1-2H3,(H,30,35)/t20-,21-,24-,28-/m0/s1. The number of imide groups is 1. The van der Waals surface area contributed by atoms with Crippen molar-refractivity contribution in [2.75, 3.05) is 26.4 Å². The number of fused-ring (bicyclic) bond motifs is 1. The summed E-state index contributed by atoms with van der Waals surface area (Å²) in [5, 5.41) is 2.95. The molecule has 0 aromatic heterocycles. The average molecular weight is 583 g/mol. The van der Waals surface area contributed by atoms with Crippen molar-refractivity contribution < 1.29 is 23.9 Å². The summed E-state index contributed by atoms with van der Waals surface area (Å²) in [4.78, 5) is 46.4. The largest absolute Gasteiger partial charge is 0.454 e. The highest BCUT2D eigenvalue weighted by molar-refractivity contribution is 9.10. The van der Waals surface area contributed by atoms with E-state index in [4.69, 9.17) is 9.47 Å². The molecule has 2 aromatic carbocycles. The first-order valence-electron chi connectivity index (χ1n) is 13.2. The predicted octanol–water partition coefficient (Wildman–Crippen LogP) is 4.51. The number of benzene rings is 2. The number of nitrogens with one attached hydrogen (secondary N) is 1. The number of carbonyl (C=O) groups is 3. The highest BCUT2D eigenvalue weighted by atomic mass is 79.9. The summed E-state index contributed by atoms with van der Waals surface area (Å²) in [5.74, 6) is 0.913. The van der Waals surface area contributed by atoms with Gasteiger partial charge in [-0.05, 0) is 47.7 Å². The number of hydrogen-bond acceptors (Lipinski definition) is 5. The summed E-state index contributed by atoms with van der Waals surface area (Å²) in [6, 6.07) is 12.7. The molecule has 4 heterocycles. The van der Waals surface area contributed by atoms with Gasteiger partial charge in [0.15, 0.2) is 11.5 Å². The van der Waals surface area contributed by atoms with E-state index in [0.717, 1.165) is 28.4 Å². The van der Waals surface area contributed by atoms with Gasteiger partial charge in [0.05, 0.1) is 19.1 Å². The number of halogens is 1. The topological polar surface area (TPSA) is 91.4 Å². The quantitative estimate of drug-likeness (QED) is 0.506. The molecule has 4 atom stereocenters. The fraction of sp³-hybridized carbons (Fsp3) is 0.464. The maximum Gasteiger partial charge on any atom is 0.328 e. The van der Waals surface area contributed by atoms with E-state index in [2.05, 4.69) is 28.2 Å². The van der Waals surface area contributed by atoms with Crippen LogP contribution in [0.25, 0.3) is 0 Å². The highest BCUT2D eigenvalue weighted by Gasteiger charge is 2.73. The molecule has 0 radical (unpaired) electrons. The first-order valence-corrected chi connectivity index (χ1v) is 14.0. The van der Waals surface area contributed by atoms with Gasteiger partial charge in [-0.15, -0.1) is 0 Å². The Morgan fingerprint density at radius 1 is 1.11 bits per heavy atom. The van der Waals surface area contributed by atoms with Crippen molar-refractivity contribution in [3.63, 3.8) is 0 Å². The minimum atomic E-state index is -1.09. The molecule has 1 N–H and O–H groups in total. The Bertz CT molecular complexity index is 1290. The molecule has 38 heavy (non-hydrogen) atoms. The number of hydrogen-bond donors (Lipinski definition) is 1. The molecule has 9 nitrogen and oxygen atoms in total. The van der Waals surface area contributed by atoms with Crippen LogP contribution in [0.3, 0.4) is 0 Å². The lowest BCUT2D eigenvalue weighted by Gasteiger charge is -2.33. The molecule has 6 rings (SSSR count). The van der Waals surface area contributed by atoms with Crippen molar-refractivity contribution in [3.8, 4) is 11.5 Å². The molecule has 200 valence electrons. The highest BCUT2D eigenvalue weighted by Crippen LogP contribution is 2.58. The molecule has 10 heteroatoms. The molecule has 0 saturated carbocycles. The molecular formula is C28H31BrN4O5. The second kappa shape index (κ2) is 9.48. The van der Waals surface area contributed by atoms with E-state index in [9.17, 15) is 14.4 Å². The smallest absolute Gasteiger partial charge is 0.328 e. The maximum atomic E-state index is 14.4. The van der Waals surface area contributed by atoms with Gasteiger partial charge in [-0.2, -0.15) is 0 Å². The third-order valence-corrected chi connectivity index (χ3v) is 8.95. The van der Waals surface area contributed by atoms with Gasteiger partial charge < -0.3 is 19.7 Å². The maximum absolute atomic E-state index is 14.4. The van der Waals surface area contributed by atoms with E-state index in [1.54, 1.807) is 15.9 Å². The zero-order valence-corrected chi connectivity index (χ0v) is 23.1. The number of amides is 5. The number of ether oxygens (including phenoxy) is 2. The summed E-state index contributed by atoms with van der Waals surface area (Å²) in [7, 11) is 0. The third-order valence-electron chi connectivity index (χ3n) is 8.42. The van der Waals surface area contributed by atoms with Gasteiger partial charge >= 0.3 is 12.1 Å². The Hall–Kier alpha value is -3.27. The Kier molecular flexibility index (Phi) is 6.25. The van der Waals surface area contributed by atoms with Crippen LogP contribution in [0.2, 0.25) is 0 Å². The molecular weight excluding hydrogens is 552 g/mol. The van der Waals surface area contributed by atoms with Gasteiger partial charge in [-0.1, -0.05) is 54.4 Å². The first-order chi connectivity index (χ1) is 18.4. The molecule has 0 unspecified atom stereocenters. The fourth-order valence-electron chi connectivity index (χ4n) is 6.76. The van der Waals surface area contributed by atoms with E-state index in [0.29, 0.717) is 24.6 Å². The molecule has 5 amide bonds. The van der Waals surface area contributed by atoms with Crippen LogP contribution < -0.4 is 14.8 Å². The molecule has 2 aromatic rings. The number of carbonyl (C=O) groups excluding carboxylic acids is 3. The normalized spacial score (nSPS) is 27.2. The van der Waals surface area contributed by atoms with Crippen LogP contribution in [0.4, 0.5) is 9.59 Å². The van der Waals surface area contributed by atoms with Gasteiger partial charge in [-0.25, -0.2) is 9.59 Å². The summed E-state index contributed by atoms with van der Waals surface area (Å²) in [6.07, 6.45) is 1.61. The Balaban J connectivity index is 1.39. The van der Waals surface area contributed by atoms with Crippen molar-refractivity contribution in [1.82, 2.24) is 20.0 Å². The Labute approximate surface area is 230 Å². The number of urea groups is 2. The van der Waals surface area contributed by atoms with Crippen molar-refractivity contribution in [1.29, 1.82) is 0 Å². The predicted molar refractivity (Wildman–Crippen MR) is 142 cm³/mol. The van der Waals surface area contributed by atoms with E-state index in [1.165, 1.54) is 4.90 Å². The molecule has 3 fully saturated rings. The molecule has 4 aliphatic heterocycles. The van der Waals surface area contributed by atoms with Gasteiger partial charge in [0.25, 0.3) is 5.91 Å². The van der Waals surface area contributed by atoms with Crippen LogP contribution in [-0.4, -0.2) is 64.6 Å². The lowest BCUT2D eigenvalue weighted by molar-refractivity contribution is -0.133. The van der Waals surface area contributed by atoms with Crippen molar-refractivity contribution >= 4 is 33.9 Å². The van der Waals surface area contributed by atoms with E-state index >= 15 is 0 Å². The molecule has 1 spiro atoms. The Morgan fingerprint density at radius 3 is 2.61 bits per heavy atom. The SMILES string of the molecule is CCCNC(=O)N1C[C@H]2[C@H](CC)[C@H](c3ccc(Br)cc3)N3C(=O)N(Cc4ccc5c(c4)OCO5)C(=O)[C@]23C1. The monoisotopic (exact) mass is 582 g/mol. The third kappa shape index (κ3) is 3.67. The summed E-state index contributed by atoms with van der Waals surface area (Å²) in [5.41, 5.74) is 0.699. The summed E-state index contributed by atoms with van der Waals surface area (Å²) < 4.78 is 11.9. The summed E-state index contributed by atoms with van der Waals surface area (Å²) in [6.45, 7) is 5.59. The van der Waals surface area contributed by atoms with Crippen molar-refractivity contribution in [2.24, 2.45) is 11.8 Å². The van der Waals surface area contributed by atoms with Crippen LogP contribution in [0.5, 0.6) is 11.5 Å². The van der Waals surface area contributed by atoms with E-state index in [1.807, 2.05) is 43.3 Å². The lowest BCUT2D eigenvalue weighted by Crippen LogP contribution is -2.52. The molecule has 0 bridgehead atoms. The van der Waals surface area contributed by atoms with Crippen LogP contribution in [0.1, 0.15) is 43.9 Å². The fourth-order valence-corrected chi connectivity index (χ4v) is 7.02. The lowest BCUT2D eigenvalue weighted by atomic mass is 9.78. The minimum absolute atomic E-state index is 0.0424. The second-order valence-corrected chi connectivity index (χ2v) is 11.4. The van der Waals surface area contributed by atoms with E-state index < -0.39 is 5.54 Å². The Morgan fingerprint density at radius 2 is 1.87 bits per heavy atom. The van der Waals surface area contributed by atoms with Gasteiger partial charge in [0, 0.05) is 23.5 Å². The summed E-state index contributed by atoms with van der Waals surface area (Å²) >= 11 is 3.51. The van der Waals surface area contributed by atoms with Gasteiger partial charge in [0.1, 0.15) is 5.54 Å². The molecule has 4 aliphatic rings.